The van der Waals surface area contributed by atoms with Crippen LogP contribution in [0.1, 0.15) is 13.3 Å². The summed E-state index contributed by atoms with van der Waals surface area (Å²) in [6.07, 6.45) is 2.64. The zero-order valence-electron chi connectivity index (χ0n) is 7.45. The number of carboxylic acids is 2. The van der Waals surface area contributed by atoms with Crippen LogP contribution in [0.2, 0.25) is 0 Å². The molecule has 1 atom stereocenters. The van der Waals surface area contributed by atoms with Crippen molar-refractivity contribution < 1.29 is 19.8 Å². The van der Waals surface area contributed by atoms with Gasteiger partial charge in [-0.1, -0.05) is 17.7 Å². The minimum atomic E-state index is -1.17. The van der Waals surface area contributed by atoms with E-state index in [-0.39, 0.29) is 17.0 Å². The van der Waals surface area contributed by atoms with E-state index < -0.39 is 17.4 Å². The molecule has 0 amide bonds. The third-order valence-electron chi connectivity index (χ3n) is 2.18. The molecule has 4 nitrogen and oxygen atoms in total. The molecule has 0 aromatic heterocycles. The number of carbonyl (C=O) groups is 2. The third-order valence-corrected chi connectivity index (χ3v) is 2.53. The first-order chi connectivity index (χ1) is 6.37. The number of hydrogen-bond acceptors (Lipinski definition) is 2. The summed E-state index contributed by atoms with van der Waals surface area (Å²) in [6, 6.07) is 0. The monoisotopic (exact) mass is 216 g/mol. The first kappa shape index (κ1) is 10.8. The van der Waals surface area contributed by atoms with Crippen molar-refractivity contribution in [3.05, 3.63) is 22.8 Å². The van der Waals surface area contributed by atoms with Gasteiger partial charge in [0.05, 0.1) is 16.0 Å². The second-order valence-corrected chi connectivity index (χ2v) is 3.77. The molecule has 0 fully saturated rings. The molecule has 1 rings (SSSR count). The Hall–Kier alpha value is -1.29. The van der Waals surface area contributed by atoms with Crippen molar-refractivity contribution in [2.24, 2.45) is 5.41 Å². The molecular formula is C9H9ClO4. The Balaban J connectivity index is 3.07. The SMILES string of the molecule is CC1(C(=O)O)C=CC(Cl)=C(C(=O)O)C1. The summed E-state index contributed by atoms with van der Waals surface area (Å²) in [4.78, 5) is 21.5. The minimum absolute atomic E-state index is 0.0564. The largest absolute Gasteiger partial charge is 0.481 e. The molecule has 1 aliphatic carbocycles. The molecule has 0 spiro atoms. The Labute approximate surface area is 85.5 Å². The molecule has 0 radical (unpaired) electrons. The number of halogens is 1. The molecule has 0 bridgehead atoms. The molecule has 0 aliphatic heterocycles. The molecule has 5 heteroatoms. The average Bonchev–Trinajstić information content (AvgIpc) is 2.09. The second kappa shape index (κ2) is 3.46. The van der Waals surface area contributed by atoms with Gasteiger partial charge in [-0.05, 0) is 13.0 Å². The normalized spacial score (nSPS) is 26.4. The van der Waals surface area contributed by atoms with Crippen molar-refractivity contribution in [1.29, 1.82) is 0 Å². The summed E-state index contributed by atoms with van der Waals surface area (Å²) >= 11 is 5.63. The van der Waals surface area contributed by atoms with E-state index in [1.165, 1.54) is 19.1 Å². The van der Waals surface area contributed by atoms with Gasteiger partial charge in [0, 0.05) is 6.42 Å². The lowest BCUT2D eigenvalue weighted by atomic mass is 9.80. The van der Waals surface area contributed by atoms with E-state index >= 15 is 0 Å². The number of allylic oxidation sites excluding steroid dienone is 2. The van der Waals surface area contributed by atoms with Crippen LogP contribution in [0.5, 0.6) is 0 Å². The van der Waals surface area contributed by atoms with Gasteiger partial charge in [-0.3, -0.25) is 4.79 Å². The standard InChI is InChI=1S/C9H9ClO4/c1-9(8(13)14)3-2-6(10)5(4-9)7(11)12/h2-3H,4H2,1H3,(H,11,12)(H,13,14). The Kier molecular flexibility index (Phi) is 2.66. The van der Waals surface area contributed by atoms with Crippen LogP contribution in [-0.4, -0.2) is 22.2 Å². The predicted octanol–water partition coefficient (Wildman–Crippen LogP) is 1.61. The van der Waals surface area contributed by atoms with Gasteiger partial charge in [-0.15, -0.1) is 0 Å². The van der Waals surface area contributed by atoms with Gasteiger partial charge < -0.3 is 10.2 Å². The van der Waals surface area contributed by atoms with Gasteiger partial charge in [-0.2, -0.15) is 0 Å². The molecule has 14 heavy (non-hydrogen) atoms. The second-order valence-electron chi connectivity index (χ2n) is 3.36. The van der Waals surface area contributed by atoms with Crippen molar-refractivity contribution in [3.8, 4) is 0 Å². The quantitative estimate of drug-likeness (QED) is 0.736. The summed E-state index contributed by atoms with van der Waals surface area (Å²) in [5, 5.41) is 17.7. The molecule has 1 unspecified atom stereocenters. The highest BCUT2D eigenvalue weighted by atomic mass is 35.5. The minimum Gasteiger partial charge on any atom is -0.481 e. The first-order valence-electron chi connectivity index (χ1n) is 3.91. The van der Waals surface area contributed by atoms with Gasteiger partial charge >= 0.3 is 11.9 Å². The highest BCUT2D eigenvalue weighted by molar-refractivity contribution is 6.33. The summed E-state index contributed by atoms with van der Waals surface area (Å²) in [7, 11) is 0. The Bertz CT molecular complexity index is 356. The molecular weight excluding hydrogens is 208 g/mol. The molecule has 0 saturated heterocycles. The maximum atomic E-state index is 10.8. The molecule has 76 valence electrons. The topological polar surface area (TPSA) is 74.6 Å². The number of aliphatic carboxylic acids is 2. The van der Waals surface area contributed by atoms with E-state index in [0.717, 1.165) is 0 Å². The van der Waals surface area contributed by atoms with E-state index in [4.69, 9.17) is 21.8 Å². The highest BCUT2D eigenvalue weighted by Gasteiger charge is 2.36. The van der Waals surface area contributed by atoms with E-state index in [9.17, 15) is 9.59 Å². The number of carboxylic acid groups (broad SMARTS) is 2. The van der Waals surface area contributed by atoms with Crippen LogP contribution in [0.3, 0.4) is 0 Å². The Morgan fingerprint density at radius 3 is 2.50 bits per heavy atom. The lowest BCUT2D eigenvalue weighted by molar-refractivity contribution is -0.145. The molecule has 0 heterocycles. The molecule has 0 saturated carbocycles. The van der Waals surface area contributed by atoms with Crippen LogP contribution in [-0.2, 0) is 9.59 Å². The van der Waals surface area contributed by atoms with Crippen LogP contribution in [0, 0.1) is 5.41 Å². The third kappa shape index (κ3) is 1.80. The van der Waals surface area contributed by atoms with Gasteiger partial charge in [0.1, 0.15) is 0 Å². The zero-order valence-corrected chi connectivity index (χ0v) is 8.21. The predicted molar refractivity (Wildman–Crippen MR) is 50.0 cm³/mol. The van der Waals surface area contributed by atoms with Gasteiger partial charge in [0.25, 0.3) is 0 Å². The smallest absolute Gasteiger partial charge is 0.333 e. The summed E-state index contributed by atoms with van der Waals surface area (Å²) in [6.45, 7) is 1.46. The number of rotatable bonds is 2. The van der Waals surface area contributed by atoms with Crippen molar-refractivity contribution in [2.45, 2.75) is 13.3 Å². The van der Waals surface area contributed by atoms with Crippen LogP contribution < -0.4 is 0 Å². The number of hydrogen-bond donors (Lipinski definition) is 2. The summed E-state index contributed by atoms with van der Waals surface area (Å²) in [5.74, 6) is -2.23. The summed E-state index contributed by atoms with van der Waals surface area (Å²) < 4.78 is 0. The van der Waals surface area contributed by atoms with Crippen LogP contribution in [0.25, 0.3) is 0 Å². The zero-order chi connectivity index (χ0) is 10.9. The molecule has 1 aliphatic rings. The maximum absolute atomic E-state index is 10.8. The highest BCUT2D eigenvalue weighted by Crippen LogP contribution is 2.35. The van der Waals surface area contributed by atoms with Gasteiger partial charge in [0.2, 0.25) is 0 Å². The molecule has 2 N–H and O–H groups in total. The van der Waals surface area contributed by atoms with Crippen LogP contribution in [0.15, 0.2) is 22.8 Å². The van der Waals surface area contributed by atoms with Crippen molar-refractivity contribution in [3.63, 3.8) is 0 Å². The van der Waals surface area contributed by atoms with Crippen LogP contribution in [0.4, 0.5) is 0 Å². The van der Waals surface area contributed by atoms with Crippen LogP contribution >= 0.6 is 11.6 Å². The van der Waals surface area contributed by atoms with Gasteiger partial charge in [-0.25, -0.2) is 4.79 Å². The lowest BCUT2D eigenvalue weighted by Crippen LogP contribution is -2.29. The molecule has 0 aromatic rings. The van der Waals surface area contributed by atoms with Crippen molar-refractivity contribution in [1.82, 2.24) is 0 Å². The maximum Gasteiger partial charge on any atom is 0.333 e. The fraction of sp³-hybridized carbons (Fsp3) is 0.333. The first-order valence-corrected chi connectivity index (χ1v) is 4.29. The lowest BCUT2D eigenvalue weighted by Gasteiger charge is -2.24. The van der Waals surface area contributed by atoms with E-state index in [2.05, 4.69) is 0 Å². The molecule has 0 aromatic carbocycles. The average molecular weight is 217 g/mol. The summed E-state index contributed by atoms with van der Waals surface area (Å²) in [5.41, 5.74) is -1.23. The van der Waals surface area contributed by atoms with Crippen molar-refractivity contribution in [2.75, 3.05) is 0 Å². The fourth-order valence-corrected chi connectivity index (χ4v) is 1.40. The fourth-order valence-electron chi connectivity index (χ4n) is 1.19. The van der Waals surface area contributed by atoms with Crippen molar-refractivity contribution >= 4 is 23.5 Å². The van der Waals surface area contributed by atoms with E-state index in [1.807, 2.05) is 0 Å². The van der Waals surface area contributed by atoms with E-state index in [1.54, 1.807) is 0 Å². The van der Waals surface area contributed by atoms with E-state index in [0.29, 0.717) is 0 Å². The Morgan fingerprint density at radius 2 is 2.07 bits per heavy atom. The Morgan fingerprint density at radius 1 is 1.50 bits per heavy atom. The van der Waals surface area contributed by atoms with Gasteiger partial charge in [0.15, 0.2) is 0 Å².